The molecule has 2 unspecified atom stereocenters. The lowest BCUT2D eigenvalue weighted by molar-refractivity contribution is -0.682. The lowest BCUT2D eigenvalue weighted by Gasteiger charge is -2.34. The molecule has 1 fully saturated rings. The summed E-state index contributed by atoms with van der Waals surface area (Å²) in [6, 6.07) is 15.8. The average molecular weight is 494 g/mol. The molecule has 0 aliphatic carbocycles. The van der Waals surface area contributed by atoms with Gasteiger partial charge in [-0.15, -0.1) is 0 Å². The van der Waals surface area contributed by atoms with Crippen LogP contribution in [0, 0.1) is 0 Å². The molecular formula is C25H26BrN4O2+. The number of rotatable bonds is 5. The molecule has 5 rings (SSSR count). The SMILES string of the molecule is CN1c2ccccc2C2(C)CCN(C(=O)Cn3cc[n+](CC(=O)c4ccc(Br)cc4)c3)C12. The summed E-state index contributed by atoms with van der Waals surface area (Å²) in [6.45, 7) is 3.52. The number of para-hydroxylation sites is 1. The summed E-state index contributed by atoms with van der Waals surface area (Å²) in [7, 11) is 2.08. The second-order valence-corrected chi connectivity index (χ2v) is 9.86. The van der Waals surface area contributed by atoms with Crippen LogP contribution in [0.3, 0.4) is 0 Å². The fraction of sp³-hybridized carbons (Fsp3) is 0.320. The Labute approximate surface area is 196 Å². The van der Waals surface area contributed by atoms with Gasteiger partial charge in [0.2, 0.25) is 12.1 Å². The highest BCUT2D eigenvalue weighted by Crippen LogP contribution is 2.51. The molecule has 0 radical (unpaired) electrons. The van der Waals surface area contributed by atoms with E-state index < -0.39 is 0 Å². The number of anilines is 1. The number of hydrogen-bond donors (Lipinski definition) is 0. The van der Waals surface area contributed by atoms with Gasteiger partial charge in [-0.3, -0.25) is 9.59 Å². The maximum atomic E-state index is 13.3. The Bertz CT molecular complexity index is 1190. The Morgan fingerprint density at radius 1 is 1.16 bits per heavy atom. The normalized spacial score (nSPS) is 21.5. The van der Waals surface area contributed by atoms with Crippen molar-refractivity contribution in [1.29, 1.82) is 0 Å². The zero-order chi connectivity index (χ0) is 22.5. The van der Waals surface area contributed by atoms with Crippen molar-refractivity contribution in [1.82, 2.24) is 9.47 Å². The van der Waals surface area contributed by atoms with Crippen LogP contribution in [0.4, 0.5) is 5.69 Å². The molecule has 2 aliphatic rings. The van der Waals surface area contributed by atoms with Gasteiger partial charge >= 0.3 is 0 Å². The number of likely N-dealkylation sites (N-methyl/N-ethyl adjacent to an activating group) is 1. The van der Waals surface area contributed by atoms with Crippen LogP contribution in [0.5, 0.6) is 0 Å². The minimum Gasteiger partial charge on any atom is -0.353 e. The Balaban J connectivity index is 1.27. The standard InChI is InChI=1S/C25H26BrN4O2/c1-25-11-12-30(24(25)27(2)21-6-4-3-5-20(21)25)23(32)16-29-14-13-28(17-29)15-22(31)18-7-9-19(26)10-8-18/h3-10,13-14,17,24H,11-12,15-16H2,1-2H3/q+1. The zero-order valence-electron chi connectivity index (χ0n) is 18.2. The van der Waals surface area contributed by atoms with Gasteiger partial charge in [-0.2, -0.15) is 0 Å². The highest BCUT2D eigenvalue weighted by molar-refractivity contribution is 9.10. The van der Waals surface area contributed by atoms with Crippen molar-refractivity contribution in [3.05, 3.63) is 82.9 Å². The molecule has 32 heavy (non-hydrogen) atoms. The third-order valence-electron chi connectivity index (χ3n) is 6.88. The Hall–Kier alpha value is -2.93. The maximum absolute atomic E-state index is 13.3. The molecule has 2 aliphatic heterocycles. The van der Waals surface area contributed by atoms with E-state index in [1.54, 1.807) is 0 Å². The number of hydrogen-bond acceptors (Lipinski definition) is 3. The molecule has 0 spiro atoms. The van der Waals surface area contributed by atoms with Crippen molar-refractivity contribution in [2.45, 2.75) is 38.0 Å². The Morgan fingerprint density at radius 2 is 1.91 bits per heavy atom. The molecule has 3 heterocycles. The fourth-order valence-corrected chi connectivity index (χ4v) is 5.55. The first-order valence-corrected chi connectivity index (χ1v) is 11.6. The molecule has 6 nitrogen and oxygen atoms in total. The number of amides is 1. The molecular weight excluding hydrogens is 468 g/mol. The highest BCUT2D eigenvalue weighted by atomic mass is 79.9. The topological polar surface area (TPSA) is 49.4 Å². The van der Waals surface area contributed by atoms with Gasteiger partial charge in [0, 0.05) is 34.7 Å². The summed E-state index contributed by atoms with van der Waals surface area (Å²) in [5.41, 5.74) is 3.16. The molecule has 0 N–H and O–H groups in total. The molecule has 3 aromatic rings. The van der Waals surface area contributed by atoms with E-state index in [2.05, 4.69) is 59.1 Å². The smallest absolute Gasteiger partial charge is 0.266 e. The number of benzene rings is 2. The number of likely N-dealkylation sites (tertiary alicyclic amines) is 1. The van der Waals surface area contributed by atoms with Crippen LogP contribution in [-0.4, -0.2) is 40.9 Å². The van der Waals surface area contributed by atoms with Crippen LogP contribution in [0.15, 0.2) is 71.7 Å². The van der Waals surface area contributed by atoms with Gasteiger partial charge in [-0.05, 0) is 30.2 Å². The van der Waals surface area contributed by atoms with E-state index >= 15 is 0 Å². The molecule has 164 valence electrons. The zero-order valence-corrected chi connectivity index (χ0v) is 19.8. The van der Waals surface area contributed by atoms with Gasteiger partial charge in [-0.1, -0.05) is 53.2 Å². The Morgan fingerprint density at radius 3 is 2.69 bits per heavy atom. The third kappa shape index (κ3) is 3.45. The largest absolute Gasteiger partial charge is 0.353 e. The first-order valence-electron chi connectivity index (χ1n) is 10.8. The van der Waals surface area contributed by atoms with Crippen molar-refractivity contribution >= 4 is 33.3 Å². The average Bonchev–Trinajstić information content (AvgIpc) is 3.43. The van der Waals surface area contributed by atoms with Crippen LogP contribution >= 0.6 is 15.9 Å². The second kappa shape index (κ2) is 7.89. The number of carbonyl (C=O) groups is 2. The molecule has 7 heteroatoms. The number of halogens is 1. The summed E-state index contributed by atoms with van der Waals surface area (Å²) in [5, 5.41) is 0. The summed E-state index contributed by atoms with van der Waals surface area (Å²) in [6.07, 6.45) is 6.52. The first kappa shape index (κ1) is 20.9. The predicted molar refractivity (Wildman–Crippen MR) is 125 cm³/mol. The van der Waals surface area contributed by atoms with Gasteiger partial charge in [0.05, 0.1) is 0 Å². The number of ketones is 1. The van der Waals surface area contributed by atoms with Crippen LogP contribution in [0.1, 0.15) is 29.3 Å². The third-order valence-corrected chi connectivity index (χ3v) is 7.41. The quantitative estimate of drug-likeness (QED) is 0.404. The van der Waals surface area contributed by atoms with Crippen molar-refractivity contribution in [3.63, 3.8) is 0 Å². The predicted octanol–water partition coefficient (Wildman–Crippen LogP) is 3.39. The van der Waals surface area contributed by atoms with Crippen LogP contribution in [0.25, 0.3) is 0 Å². The Kier molecular flexibility index (Phi) is 5.16. The first-order chi connectivity index (χ1) is 15.4. The maximum Gasteiger partial charge on any atom is 0.266 e. The van der Waals surface area contributed by atoms with Crippen molar-refractivity contribution in [2.24, 2.45) is 0 Å². The number of fused-ring (bicyclic) bond motifs is 3. The van der Waals surface area contributed by atoms with Crippen LogP contribution in [-0.2, 0) is 23.3 Å². The fourth-order valence-electron chi connectivity index (χ4n) is 5.28. The minimum atomic E-state index is -0.0469. The molecule has 2 aromatic carbocycles. The van der Waals surface area contributed by atoms with E-state index in [1.165, 1.54) is 11.3 Å². The van der Waals surface area contributed by atoms with Gasteiger partial charge in [-0.25, -0.2) is 9.13 Å². The molecule has 0 bridgehead atoms. The van der Waals surface area contributed by atoms with Crippen LogP contribution in [0.2, 0.25) is 0 Å². The number of aromatic nitrogens is 2. The highest BCUT2D eigenvalue weighted by Gasteiger charge is 2.54. The van der Waals surface area contributed by atoms with Gasteiger partial charge in [0.15, 0.2) is 13.1 Å². The van der Waals surface area contributed by atoms with E-state index in [0.717, 1.165) is 17.4 Å². The van der Waals surface area contributed by atoms with E-state index in [-0.39, 0.29) is 36.4 Å². The number of imidazole rings is 1. The molecule has 1 amide bonds. The van der Waals surface area contributed by atoms with Crippen LogP contribution < -0.4 is 9.47 Å². The summed E-state index contributed by atoms with van der Waals surface area (Å²) >= 11 is 3.39. The van der Waals surface area contributed by atoms with E-state index in [9.17, 15) is 9.59 Å². The second-order valence-electron chi connectivity index (χ2n) is 8.94. The molecule has 0 saturated carbocycles. The van der Waals surface area contributed by atoms with Crippen molar-refractivity contribution in [2.75, 3.05) is 18.5 Å². The summed E-state index contributed by atoms with van der Waals surface area (Å²) in [5.74, 6) is 0.132. The van der Waals surface area contributed by atoms with Gasteiger partial charge in [0.1, 0.15) is 18.6 Å². The van der Waals surface area contributed by atoms with Crippen molar-refractivity contribution < 1.29 is 14.2 Å². The molecule has 1 aromatic heterocycles. The summed E-state index contributed by atoms with van der Waals surface area (Å²) in [4.78, 5) is 30.1. The lowest BCUT2D eigenvalue weighted by atomic mass is 9.81. The van der Waals surface area contributed by atoms with E-state index in [1.807, 2.05) is 57.0 Å². The monoisotopic (exact) mass is 493 g/mol. The number of nitrogens with zero attached hydrogens (tertiary/aromatic N) is 4. The number of Topliss-reactive ketones (excluding diaryl/α,β-unsaturated/α-hetero) is 1. The van der Waals surface area contributed by atoms with E-state index in [0.29, 0.717) is 5.56 Å². The van der Waals surface area contributed by atoms with Gasteiger partial charge in [0.25, 0.3) is 5.91 Å². The molecule has 2 atom stereocenters. The number of carbonyl (C=O) groups excluding carboxylic acids is 2. The van der Waals surface area contributed by atoms with Gasteiger partial charge < -0.3 is 9.80 Å². The minimum absolute atomic E-state index is 0.0345. The summed E-state index contributed by atoms with van der Waals surface area (Å²) < 4.78 is 4.62. The van der Waals surface area contributed by atoms with E-state index in [4.69, 9.17) is 0 Å². The lowest BCUT2D eigenvalue weighted by Crippen LogP contribution is -2.50. The molecule has 1 saturated heterocycles. The van der Waals surface area contributed by atoms with Crippen molar-refractivity contribution in [3.8, 4) is 0 Å².